The first-order valence-corrected chi connectivity index (χ1v) is 26.3. The van der Waals surface area contributed by atoms with Crippen molar-refractivity contribution in [3.05, 3.63) is 177 Å². The van der Waals surface area contributed by atoms with Crippen LogP contribution < -0.4 is 30.7 Å². The lowest BCUT2D eigenvalue weighted by atomic mass is 9.94. The van der Waals surface area contributed by atoms with Gasteiger partial charge in [0.25, 0.3) is 0 Å². The summed E-state index contributed by atoms with van der Waals surface area (Å²) in [5.74, 6) is 1.65. The smallest absolute Gasteiger partial charge is 0.224 e. The zero-order chi connectivity index (χ0) is 51.2. The van der Waals surface area contributed by atoms with Crippen molar-refractivity contribution in [1.82, 2.24) is 30.4 Å². The molecule has 14 nitrogen and oxygen atoms in total. The summed E-state index contributed by atoms with van der Waals surface area (Å²) in [6, 6.07) is 37.7. The van der Waals surface area contributed by atoms with Gasteiger partial charge in [-0.3, -0.25) is 38.9 Å². The van der Waals surface area contributed by atoms with Gasteiger partial charge in [0, 0.05) is 83.7 Å². The molecule has 4 aliphatic heterocycles. The number of carbonyl (C=O) groups is 4. The highest BCUT2D eigenvalue weighted by atomic mass is 35.5. The van der Waals surface area contributed by atoms with Crippen molar-refractivity contribution in [1.29, 1.82) is 0 Å². The minimum atomic E-state index is -0.321. The van der Waals surface area contributed by atoms with Gasteiger partial charge in [-0.1, -0.05) is 71.7 Å². The molecule has 0 saturated carbocycles. The number of hydrogen-bond donors (Lipinski definition) is 4. The molecule has 4 aliphatic rings. The number of anilines is 2. The molecule has 0 aliphatic carbocycles. The third-order valence-electron chi connectivity index (χ3n) is 14.2. The van der Waals surface area contributed by atoms with Crippen molar-refractivity contribution in [2.24, 2.45) is 11.8 Å². The van der Waals surface area contributed by atoms with E-state index in [2.05, 4.69) is 41.0 Å². The number of nitrogens with zero attached hydrogens (tertiary/aromatic N) is 4. The molecule has 0 spiro atoms. The molecule has 16 heteroatoms. The van der Waals surface area contributed by atoms with Crippen LogP contribution in [0.15, 0.2) is 134 Å². The number of aromatic nitrogens is 2. The highest BCUT2D eigenvalue weighted by Gasteiger charge is 2.30. The topological polar surface area (TPSA) is 167 Å². The first-order chi connectivity index (χ1) is 36.1. The van der Waals surface area contributed by atoms with Gasteiger partial charge in [-0.15, -0.1) is 0 Å². The summed E-state index contributed by atoms with van der Waals surface area (Å²) in [7, 11) is 0. The van der Waals surface area contributed by atoms with E-state index in [1.807, 2.05) is 121 Å². The standard InChI is InChI=1S/2C29H31ClN4O3/c2*30-23-8-4-21(5-9-23)28(25-3-1-2-14-31-25)33-29(36)22-12-15-34(16-13-22)17-18-37-24-10-6-20-7-11-27(35)32-26(20)19-24/h2*1-6,8-10,14,19,22,28H,7,11-13,15-18H2,(H,32,35)(H,33,36). The normalized spacial score (nSPS) is 16.9. The Morgan fingerprint density at radius 1 is 0.554 bits per heavy atom. The van der Waals surface area contributed by atoms with Gasteiger partial charge in [0.05, 0.1) is 23.5 Å². The lowest BCUT2D eigenvalue weighted by Crippen LogP contribution is -2.42. The molecule has 4 amide bonds. The molecule has 6 heterocycles. The minimum absolute atomic E-state index is 0.0417. The molecule has 4 aromatic carbocycles. The minimum Gasteiger partial charge on any atom is -0.492 e. The van der Waals surface area contributed by atoms with Gasteiger partial charge in [0.15, 0.2) is 0 Å². The number of carbonyl (C=O) groups excluding carboxylic acids is 4. The van der Waals surface area contributed by atoms with Gasteiger partial charge in [0.2, 0.25) is 23.6 Å². The van der Waals surface area contributed by atoms with Crippen LogP contribution in [0.4, 0.5) is 11.4 Å². The highest BCUT2D eigenvalue weighted by molar-refractivity contribution is 6.30. The lowest BCUT2D eigenvalue weighted by Gasteiger charge is -2.32. The fourth-order valence-corrected chi connectivity index (χ4v) is 10.1. The maximum Gasteiger partial charge on any atom is 0.224 e. The van der Waals surface area contributed by atoms with Crippen LogP contribution in [0.5, 0.6) is 11.5 Å². The Morgan fingerprint density at radius 3 is 1.34 bits per heavy atom. The number of benzene rings is 4. The molecule has 10 rings (SSSR count). The quantitative estimate of drug-likeness (QED) is 0.0734. The number of likely N-dealkylation sites (tertiary alicyclic amines) is 2. The number of amides is 4. The molecule has 2 unspecified atom stereocenters. The summed E-state index contributed by atoms with van der Waals surface area (Å²) in [4.78, 5) is 63.4. The molecular weight excluding hydrogens is 976 g/mol. The summed E-state index contributed by atoms with van der Waals surface area (Å²) in [5, 5.41) is 13.6. The van der Waals surface area contributed by atoms with Crippen molar-refractivity contribution in [2.75, 3.05) is 63.1 Å². The SMILES string of the molecule is O=C1CCc2ccc(OCCN3CCC(C(=O)NC(c4ccc(Cl)cc4)c4ccccn4)CC3)cc2N1.O=C1CCc2ccc(OCCN3CCC(C(=O)NC(c4ccc(Cl)cc4)c4ccccn4)CC3)cc2N1. The van der Waals surface area contributed by atoms with Crippen molar-refractivity contribution in [2.45, 2.75) is 63.5 Å². The summed E-state index contributed by atoms with van der Waals surface area (Å²) in [5.41, 5.74) is 7.50. The van der Waals surface area contributed by atoms with E-state index in [1.54, 1.807) is 12.4 Å². The van der Waals surface area contributed by atoms with Crippen LogP contribution in [0.1, 0.15) is 84.3 Å². The van der Waals surface area contributed by atoms with Crippen molar-refractivity contribution >= 4 is 58.2 Å². The third kappa shape index (κ3) is 14.3. The number of fused-ring (bicyclic) bond motifs is 2. The molecule has 384 valence electrons. The van der Waals surface area contributed by atoms with Gasteiger partial charge in [-0.2, -0.15) is 0 Å². The van der Waals surface area contributed by atoms with Crippen LogP contribution >= 0.6 is 23.2 Å². The van der Waals surface area contributed by atoms with E-state index < -0.39 is 0 Å². The summed E-state index contributed by atoms with van der Waals surface area (Å²) >= 11 is 12.2. The van der Waals surface area contributed by atoms with Crippen molar-refractivity contribution in [3.63, 3.8) is 0 Å². The molecule has 2 aromatic heterocycles. The molecule has 0 bridgehead atoms. The molecule has 2 atom stereocenters. The van der Waals surface area contributed by atoms with E-state index in [4.69, 9.17) is 32.7 Å². The average Bonchev–Trinajstić information content (AvgIpc) is 3.43. The summed E-state index contributed by atoms with van der Waals surface area (Å²) < 4.78 is 11.9. The van der Waals surface area contributed by atoms with Gasteiger partial charge in [-0.25, -0.2) is 0 Å². The van der Waals surface area contributed by atoms with Crippen molar-refractivity contribution < 1.29 is 28.7 Å². The van der Waals surface area contributed by atoms with Crippen molar-refractivity contribution in [3.8, 4) is 11.5 Å². The van der Waals surface area contributed by atoms with E-state index in [9.17, 15) is 19.2 Å². The van der Waals surface area contributed by atoms with Gasteiger partial charge < -0.3 is 30.7 Å². The number of piperidine rings is 2. The number of rotatable bonds is 16. The number of aryl methyl sites for hydroxylation is 2. The molecule has 74 heavy (non-hydrogen) atoms. The Hall–Kier alpha value is -6.84. The van der Waals surface area contributed by atoms with E-state index >= 15 is 0 Å². The largest absolute Gasteiger partial charge is 0.492 e. The maximum atomic E-state index is 13.2. The molecule has 6 aromatic rings. The zero-order valence-electron chi connectivity index (χ0n) is 41.3. The van der Waals surface area contributed by atoms with Gasteiger partial charge >= 0.3 is 0 Å². The highest BCUT2D eigenvalue weighted by Crippen LogP contribution is 2.30. The maximum absolute atomic E-state index is 13.2. The van der Waals surface area contributed by atoms with E-state index in [0.29, 0.717) is 36.1 Å². The number of nitrogens with one attached hydrogen (secondary N) is 4. The second-order valence-electron chi connectivity index (χ2n) is 19.2. The Bertz CT molecular complexity index is 2650. The van der Waals surface area contributed by atoms with Crippen LogP contribution in [-0.4, -0.2) is 95.9 Å². The third-order valence-corrected chi connectivity index (χ3v) is 14.7. The predicted molar refractivity (Wildman–Crippen MR) is 287 cm³/mol. The summed E-state index contributed by atoms with van der Waals surface area (Å²) in [6.45, 7) is 6.07. The zero-order valence-corrected chi connectivity index (χ0v) is 42.8. The van der Waals surface area contributed by atoms with Crippen LogP contribution in [0, 0.1) is 11.8 Å². The monoisotopic (exact) mass is 1040 g/mol. The van der Waals surface area contributed by atoms with Crippen LogP contribution in [0.25, 0.3) is 0 Å². The second-order valence-corrected chi connectivity index (χ2v) is 20.0. The van der Waals surface area contributed by atoms with Crippen LogP contribution in [0.2, 0.25) is 10.0 Å². The molecule has 0 radical (unpaired) electrons. The number of ether oxygens (including phenoxy) is 2. The first-order valence-electron chi connectivity index (χ1n) is 25.6. The predicted octanol–water partition coefficient (Wildman–Crippen LogP) is 9.23. The molecule has 4 N–H and O–H groups in total. The lowest BCUT2D eigenvalue weighted by molar-refractivity contribution is -0.127. The van der Waals surface area contributed by atoms with Gasteiger partial charge in [-0.05, 0) is 148 Å². The Labute approximate surface area is 442 Å². The fraction of sp³-hybridized carbons (Fsp3) is 0.345. The number of pyridine rings is 2. The molecular formula is C58H62Cl2N8O6. The van der Waals surface area contributed by atoms with Crippen LogP contribution in [-0.2, 0) is 32.0 Å². The van der Waals surface area contributed by atoms with E-state index in [1.165, 1.54) is 0 Å². The Balaban J connectivity index is 0.000000182. The number of hydrogen-bond acceptors (Lipinski definition) is 10. The van der Waals surface area contributed by atoms with Gasteiger partial charge in [0.1, 0.15) is 24.7 Å². The average molecular weight is 1040 g/mol. The molecule has 2 saturated heterocycles. The fourth-order valence-electron chi connectivity index (χ4n) is 9.88. The molecule has 2 fully saturated rings. The number of halogens is 2. The van der Waals surface area contributed by atoms with Crippen LogP contribution in [0.3, 0.4) is 0 Å². The first kappa shape index (κ1) is 52.0. The summed E-state index contributed by atoms with van der Waals surface area (Å²) in [6.07, 6.45) is 9.28. The second kappa shape index (κ2) is 25.4. The van der Waals surface area contributed by atoms with E-state index in [0.717, 1.165) is 134 Å². The Morgan fingerprint density at radius 2 is 0.959 bits per heavy atom. The van der Waals surface area contributed by atoms with E-state index in [-0.39, 0.29) is 47.5 Å². The Kier molecular flexibility index (Phi) is 17.9.